The van der Waals surface area contributed by atoms with Crippen LogP contribution in [0.2, 0.25) is 0 Å². The molecule has 1 unspecified atom stereocenters. The Kier molecular flexibility index (Phi) is 4.27. The van der Waals surface area contributed by atoms with Crippen LogP contribution in [0.15, 0.2) is 18.2 Å². The van der Waals surface area contributed by atoms with Crippen LogP contribution in [0, 0.1) is 12.8 Å². The Morgan fingerprint density at radius 1 is 1.40 bits per heavy atom. The number of para-hydroxylation sites is 1. The van der Waals surface area contributed by atoms with E-state index < -0.39 is 0 Å². The van der Waals surface area contributed by atoms with Gasteiger partial charge >= 0.3 is 5.97 Å². The average Bonchev–Trinajstić information content (AvgIpc) is 2.48. The number of carbonyl (C=O) groups is 2. The minimum Gasteiger partial charge on any atom is -0.507 e. The van der Waals surface area contributed by atoms with Crippen molar-refractivity contribution < 1.29 is 19.4 Å². The van der Waals surface area contributed by atoms with Gasteiger partial charge in [-0.05, 0) is 31.4 Å². The molecule has 5 heteroatoms. The number of likely N-dealkylation sites (tertiary alicyclic amines) is 1. The molecule has 0 radical (unpaired) electrons. The third-order valence-electron chi connectivity index (χ3n) is 3.71. The monoisotopic (exact) mass is 277 g/mol. The van der Waals surface area contributed by atoms with Crippen molar-refractivity contribution in [1.29, 1.82) is 0 Å². The number of rotatable bonds is 2. The number of phenols is 1. The minimum atomic E-state index is -0.282. The molecule has 0 spiro atoms. The van der Waals surface area contributed by atoms with Gasteiger partial charge in [0.05, 0.1) is 18.6 Å². The number of hydrogen-bond donors (Lipinski definition) is 1. The lowest BCUT2D eigenvalue weighted by atomic mass is 9.97. The molecular weight excluding hydrogens is 258 g/mol. The van der Waals surface area contributed by atoms with Gasteiger partial charge in [0.15, 0.2) is 0 Å². The van der Waals surface area contributed by atoms with Gasteiger partial charge in [0.1, 0.15) is 5.75 Å². The van der Waals surface area contributed by atoms with E-state index in [0.717, 1.165) is 12.8 Å². The average molecular weight is 277 g/mol. The van der Waals surface area contributed by atoms with Gasteiger partial charge in [-0.3, -0.25) is 9.59 Å². The van der Waals surface area contributed by atoms with Gasteiger partial charge in [-0.2, -0.15) is 0 Å². The number of carbonyl (C=O) groups excluding carboxylic acids is 2. The van der Waals surface area contributed by atoms with Crippen LogP contribution in [-0.2, 0) is 9.53 Å². The van der Waals surface area contributed by atoms with Crippen molar-refractivity contribution in [3.05, 3.63) is 29.3 Å². The topological polar surface area (TPSA) is 66.8 Å². The number of aromatic hydroxyl groups is 1. The predicted molar refractivity (Wildman–Crippen MR) is 73.5 cm³/mol. The van der Waals surface area contributed by atoms with E-state index in [2.05, 4.69) is 0 Å². The summed E-state index contributed by atoms with van der Waals surface area (Å²) in [7, 11) is 1.36. The van der Waals surface area contributed by atoms with Crippen molar-refractivity contribution >= 4 is 11.9 Å². The van der Waals surface area contributed by atoms with Crippen molar-refractivity contribution in [2.24, 2.45) is 5.92 Å². The molecule has 1 aromatic carbocycles. The quantitative estimate of drug-likeness (QED) is 0.836. The maximum absolute atomic E-state index is 12.4. The second-order valence-corrected chi connectivity index (χ2v) is 5.08. The molecular formula is C15H19NO4. The normalized spacial score (nSPS) is 18.7. The van der Waals surface area contributed by atoms with Gasteiger partial charge in [0, 0.05) is 13.1 Å². The van der Waals surface area contributed by atoms with Gasteiger partial charge < -0.3 is 14.7 Å². The largest absolute Gasteiger partial charge is 0.507 e. The molecule has 1 atom stereocenters. The summed E-state index contributed by atoms with van der Waals surface area (Å²) in [5.74, 6) is -0.780. The number of esters is 1. The Hall–Kier alpha value is -2.04. The lowest BCUT2D eigenvalue weighted by Gasteiger charge is -2.31. The Morgan fingerprint density at radius 2 is 2.15 bits per heavy atom. The van der Waals surface area contributed by atoms with Crippen LogP contribution in [0.1, 0.15) is 28.8 Å². The molecule has 1 heterocycles. The van der Waals surface area contributed by atoms with Crippen LogP contribution in [-0.4, -0.2) is 42.1 Å². The minimum absolute atomic E-state index is 0.0118. The Morgan fingerprint density at radius 3 is 2.85 bits per heavy atom. The van der Waals surface area contributed by atoms with E-state index in [1.54, 1.807) is 30.0 Å². The Labute approximate surface area is 118 Å². The number of phenolic OH excluding ortho intramolecular Hbond substituents is 1. The molecule has 1 amide bonds. The molecule has 2 rings (SSSR count). The Bertz CT molecular complexity index is 527. The van der Waals surface area contributed by atoms with Gasteiger partial charge in [-0.25, -0.2) is 0 Å². The van der Waals surface area contributed by atoms with Gasteiger partial charge in [-0.15, -0.1) is 0 Å². The number of amides is 1. The van der Waals surface area contributed by atoms with Crippen LogP contribution in [0.3, 0.4) is 0 Å². The van der Waals surface area contributed by atoms with Crippen LogP contribution in [0.25, 0.3) is 0 Å². The molecule has 1 N–H and O–H groups in total. The third kappa shape index (κ3) is 2.76. The zero-order chi connectivity index (χ0) is 14.7. The Balaban J connectivity index is 2.16. The second kappa shape index (κ2) is 5.94. The number of aryl methyl sites for hydroxylation is 1. The molecule has 1 aliphatic heterocycles. The maximum Gasteiger partial charge on any atom is 0.310 e. The predicted octanol–water partition coefficient (Wildman–Crippen LogP) is 1.73. The van der Waals surface area contributed by atoms with Crippen LogP contribution < -0.4 is 0 Å². The summed E-state index contributed by atoms with van der Waals surface area (Å²) in [6, 6.07) is 5.09. The lowest BCUT2D eigenvalue weighted by molar-refractivity contribution is -0.146. The van der Waals surface area contributed by atoms with E-state index in [0.29, 0.717) is 18.7 Å². The number of methoxy groups -OCH3 is 1. The fraction of sp³-hybridized carbons (Fsp3) is 0.467. The smallest absolute Gasteiger partial charge is 0.310 e. The molecule has 0 aliphatic carbocycles. The second-order valence-electron chi connectivity index (χ2n) is 5.08. The van der Waals surface area contributed by atoms with Crippen LogP contribution >= 0.6 is 0 Å². The number of piperidine rings is 1. The molecule has 0 saturated carbocycles. The first-order valence-corrected chi connectivity index (χ1v) is 6.70. The summed E-state index contributed by atoms with van der Waals surface area (Å²) in [6.45, 7) is 2.69. The summed E-state index contributed by atoms with van der Waals surface area (Å²) < 4.78 is 4.74. The SMILES string of the molecule is COC(=O)C1CCCN(C(=O)c2cccc(C)c2O)C1. The van der Waals surface area contributed by atoms with Gasteiger partial charge in [0.25, 0.3) is 5.91 Å². The highest BCUT2D eigenvalue weighted by Crippen LogP contribution is 2.25. The first-order chi connectivity index (χ1) is 9.54. The highest BCUT2D eigenvalue weighted by Gasteiger charge is 2.30. The van der Waals surface area contributed by atoms with Crippen LogP contribution in [0.4, 0.5) is 0 Å². The van der Waals surface area contributed by atoms with E-state index in [4.69, 9.17) is 4.74 Å². The molecule has 0 aromatic heterocycles. The van der Waals surface area contributed by atoms with E-state index in [-0.39, 0.29) is 29.1 Å². The van der Waals surface area contributed by atoms with E-state index in [1.165, 1.54) is 7.11 Å². The molecule has 1 fully saturated rings. The lowest BCUT2D eigenvalue weighted by Crippen LogP contribution is -2.42. The number of benzene rings is 1. The van der Waals surface area contributed by atoms with Crippen molar-refractivity contribution in [2.75, 3.05) is 20.2 Å². The van der Waals surface area contributed by atoms with Crippen molar-refractivity contribution in [2.45, 2.75) is 19.8 Å². The fourth-order valence-corrected chi connectivity index (χ4v) is 2.52. The maximum atomic E-state index is 12.4. The summed E-state index contributed by atoms with van der Waals surface area (Å²) in [5, 5.41) is 9.98. The van der Waals surface area contributed by atoms with Gasteiger partial charge in [-0.1, -0.05) is 12.1 Å². The molecule has 108 valence electrons. The molecule has 20 heavy (non-hydrogen) atoms. The summed E-state index contributed by atoms with van der Waals surface area (Å²) in [4.78, 5) is 25.6. The molecule has 5 nitrogen and oxygen atoms in total. The zero-order valence-corrected chi connectivity index (χ0v) is 11.8. The standard InChI is InChI=1S/C15H19NO4/c1-10-5-3-7-12(13(10)17)14(18)16-8-4-6-11(9-16)15(19)20-2/h3,5,7,11,17H,4,6,8-9H2,1-2H3. The highest BCUT2D eigenvalue weighted by molar-refractivity contribution is 5.97. The molecule has 1 aliphatic rings. The van der Waals surface area contributed by atoms with E-state index in [1.807, 2.05) is 0 Å². The molecule has 1 aromatic rings. The zero-order valence-electron chi connectivity index (χ0n) is 11.8. The van der Waals surface area contributed by atoms with Crippen molar-refractivity contribution in [3.63, 3.8) is 0 Å². The number of ether oxygens (including phenoxy) is 1. The third-order valence-corrected chi connectivity index (χ3v) is 3.71. The van der Waals surface area contributed by atoms with E-state index in [9.17, 15) is 14.7 Å². The first kappa shape index (κ1) is 14.4. The number of nitrogens with zero attached hydrogens (tertiary/aromatic N) is 1. The van der Waals surface area contributed by atoms with Gasteiger partial charge in [0.2, 0.25) is 0 Å². The van der Waals surface area contributed by atoms with Crippen molar-refractivity contribution in [3.8, 4) is 5.75 Å². The fourth-order valence-electron chi connectivity index (χ4n) is 2.52. The van der Waals surface area contributed by atoms with Crippen LogP contribution in [0.5, 0.6) is 5.75 Å². The molecule has 0 bridgehead atoms. The first-order valence-electron chi connectivity index (χ1n) is 6.70. The summed E-state index contributed by atoms with van der Waals surface area (Å²) >= 11 is 0. The van der Waals surface area contributed by atoms with Crippen molar-refractivity contribution in [1.82, 2.24) is 4.90 Å². The number of hydrogen-bond acceptors (Lipinski definition) is 4. The van der Waals surface area contributed by atoms with E-state index >= 15 is 0 Å². The highest BCUT2D eigenvalue weighted by atomic mass is 16.5. The molecule has 1 saturated heterocycles. The summed E-state index contributed by atoms with van der Waals surface area (Å²) in [6.07, 6.45) is 1.49. The summed E-state index contributed by atoms with van der Waals surface area (Å²) in [5.41, 5.74) is 0.952.